The van der Waals surface area contributed by atoms with Crippen LogP contribution in [0.3, 0.4) is 0 Å². The average Bonchev–Trinajstić information content (AvgIpc) is 2.86. The normalized spacial score (nSPS) is 35.1. The van der Waals surface area contributed by atoms with Crippen LogP contribution in [-0.4, -0.2) is 50.3 Å². The largest absolute Gasteiger partial charge is 0.381 e. The molecule has 16 heavy (non-hydrogen) atoms. The maximum Gasteiger partial charge on any atom is 0.193 e. The average molecular weight is 223 g/mol. The molecule has 4 nitrogen and oxygen atoms in total. The predicted molar refractivity (Wildman–Crippen MR) is 63.6 cm³/mol. The molecular weight excluding hydrogens is 202 g/mol. The fourth-order valence-corrected chi connectivity index (χ4v) is 2.79. The summed E-state index contributed by atoms with van der Waals surface area (Å²) in [5.74, 6) is 1.10. The summed E-state index contributed by atoms with van der Waals surface area (Å²) < 4.78 is 5.55. The molecule has 1 N–H and O–H groups in total. The Morgan fingerprint density at radius 1 is 1.44 bits per heavy atom. The van der Waals surface area contributed by atoms with Crippen molar-refractivity contribution in [3.05, 3.63) is 0 Å². The van der Waals surface area contributed by atoms with E-state index in [9.17, 15) is 0 Å². The Bertz CT molecular complexity index is 293. The monoisotopic (exact) mass is 223 g/mol. The van der Waals surface area contributed by atoms with Gasteiger partial charge in [0.15, 0.2) is 5.96 Å². The maximum absolute atomic E-state index is 5.55. The molecule has 0 radical (unpaired) electrons. The van der Waals surface area contributed by atoms with Crippen LogP contribution in [0.5, 0.6) is 0 Å². The summed E-state index contributed by atoms with van der Waals surface area (Å²) in [5, 5.41) is 3.52. The molecule has 0 bridgehead atoms. The van der Waals surface area contributed by atoms with Gasteiger partial charge in [-0.15, -0.1) is 0 Å². The number of nitrogens with zero attached hydrogens (tertiary/aromatic N) is 2. The molecule has 2 saturated heterocycles. The van der Waals surface area contributed by atoms with Crippen LogP contribution < -0.4 is 5.32 Å². The minimum Gasteiger partial charge on any atom is -0.381 e. The van der Waals surface area contributed by atoms with Gasteiger partial charge >= 0.3 is 0 Å². The summed E-state index contributed by atoms with van der Waals surface area (Å²) >= 11 is 0. The molecule has 0 amide bonds. The van der Waals surface area contributed by atoms with Gasteiger partial charge in [0, 0.05) is 38.2 Å². The second-order valence-electron chi connectivity index (χ2n) is 5.44. The van der Waals surface area contributed by atoms with Gasteiger partial charge in [-0.05, 0) is 25.7 Å². The predicted octanol–water partition coefficient (Wildman–Crippen LogP) is 0.837. The lowest BCUT2D eigenvalue weighted by molar-refractivity contribution is 0.156. The third kappa shape index (κ3) is 1.90. The van der Waals surface area contributed by atoms with Crippen LogP contribution in [0.25, 0.3) is 0 Å². The van der Waals surface area contributed by atoms with E-state index in [1.54, 1.807) is 0 Å². The first kappa shape index (κ1) is 10.4. The fraction of sp³-hybridized carbons (Fsp3) is 0.917. The Morgan fingerprint density at radius 2 is 2.31 bits per heavy atom. The third-order valence-electron chi connectivity index (χ3n) is 4.05. The molecular formula is C12H21N3O. The molecule has 1 aliphatic carbocycles. The van der Waals surface area contributed by atoms with Crippen LogP contribution in [0, 0.1) is 5.41 Å². The summed E-state index contributed by atoms with van der Waals surface area (Å²) in [6, 6.07) is 0.690. The lowest BCUT2D eigenvalue weighted by Gasteiger charge is -2.24. The van der Waals surface area contributed by atoms with Crippen molar-refractivity contribution < 1.29 is 4.74 Å². The van der Waals surface area contributed by atoms with Crippen LogP contribution in [0.2, 0.25) is 0 Å². The Kier molecular flexibility index (Phi) is 2.54. The molecule has 3 fully saturated rings. The quantitative estimate of drug-likeness (QED) is 0.528. The number of hydrogen-bond acceptors (Lipinski definition) is 2. The molecule has 0 aromatic carbocycles. The first-order valence-electron chi connectivity index (χ1n) is 6.37. The van der Waals surface area contributed by atoms with Gasteiger partial charge < -0.3 is 15.0 Å². The van der Waals surface area contributed by atoms with E-state index < -0.39 is 0 Å². The van der Waals surface area contributed by atoms with Gasteiger partial charge in [0.2, 0.25) is 0 Å². The third-order valence-corrected chi connectivity index (χ3v) is 4.05. The number of hydrogen-bond donors (Lipinski definition) is 1. The molecule has 90 valence electrons. The van der Waals surface area contributed by atoms with Crippen molar-refractivity contribution in [1.29, 1.82) is 0 Å². The van der Waals surface area contributed by atoms with Crippen molar-refractivity contribution in [2.24, 2.45) is 10.4 Å². The standard InChI is InChI=1S/C12H21N3O/c1-13-11(14-10-2-3-10)15-6-4-12(8-15)5-7-16-9-12/h10H,2-9H2,1H3,(H,13,14). The second kappa shape index (κ2) is 3.91. The number of likely N-dealkylation sites (tertiary alicyclic amines) is 1. The number of aliphatic imine (C=N–C) groups is 1. The molecule has 1 atom stereocenters. The van der Waals surface area contributed by atoms with Crippen LogP contribution in [0.1, 0.15) is 25.7 Å². The van der Waals surface area contributed by atoms with E-state index in [1.807, 2.05) is 7.05 Å². The van der Waals surface area contributed by atoms with Crippen molar-refractivity contribution in [3.8, 4) is 0 Å². The number of rotatable bonds is 1. The SMILES string of the molecule is CN=C(NC1CC1)N1CCC2(CCOC2)C1. The fourth-order valence-electron chi connectivity index (χ4n) is 2.79. The second-order valence-corrected chi connectivity index (χ2v) is 5.44. The zero-order valence-corrected chi connectivity index (χ0v) is 10.0. The highest BCUT2D eigenvalue weighted by atomic mass is 16.5. The zero-order chi connectivity index (χ0) is 11.0. The Hall–Kier alpha value is -0.770. The summed E-state index contributed by atoms with van der Waals surface area (Å²) in [4.78, 5) is 6.81. The zero-order valence-electron chi connectivity index (χ0n) is 10.0. The number of nitrogens with one attached hydrogen (secondary N) is 1. The topological polar surface area (TPSA) is 36.9 Å². The Balaban J connectivity index is 1.62. The van der Waals surface area contributed by atoms with Gasteiger partial charge in [-0.2, -0.15) is 0 Å². The minimum absolute atomic E-state index is 0.432. The van der Waals surface area contributed by atoms with Crippen LogP contribution >= 0.6 is 0 Å². The van der Waals surface area contributed by atoms with Gasteiger partial charge in [-0.3, -0.25) is 4.99 Å². The molecule has 3 aliphatic rings. The molecule has 1 saturated carbocycles. The van der Waals surface area contributed by atoms with Crippen molar-refractivity contribution in [2.45, 2.75) is 31.7 Å². The van der Waals surface area contributed by atoms with Gasteiger partial charge in [0.1, 0.15) is 0 Å². The summed E-state index contributed by atoms with van der Waals surface area (Å²) in [6.45, 7) is 4.15. The molecule has 4 heteroatoms. The maximum atomic E-state index is 5.55. The van der Waals surface area contributed by atoms with Crippen molar-refractivity contribution >= 4 is 5.96 Å². The van der Waals surface area contributed by atoms with Crippen LogP contribution in [0.4, 0.5) is 0 Å². The highest BCUT2D eigenvalue weighted by molar-refractivity contribution is 5.80. The van der Waals surface area contributed by atoms with Crippen molar-refractivity contribution in [1.82, 2.24) is 10.2 Å². The molecule has 0 aromatic heterocycles. The Morgan fingerprint density at radius 3 is 2.94 bits per heavy atom. The van der Waals surface area contributed by atoms with Crippen LogP contribution in [-0.2, 0) is 4.74 Å². The van der Waals surface area contributed by atoms with Crippen molar-refractivity contribution in [3.63, 3.8) is 0 Å². The summed E-state index contributed by atoms with van der Waals surface area (Å²) in [7, 11) is 1.89. The minimum atomic E-state index is 0.432. The van der Waals surface area contributed by atoms with E-state index in [0.29, 0.717) is 11.5 Å². The highest BCUT2D eigenvalue weighted by Gasteiger charge is 2.42. The highest BCUT2D eigenvalue weighted by Crippen LogP contribution is 2.38. The molecule has 2 heterocycles. The summed E-state index contributed by atoms with van der Waals surface area (Å²) in [5.41, 5.74) is 0.432. The lowest BCUT2D eigenvalue weighted by atomic mass is 9.87. The smallest absolute Gasteiger partial charge is 0.193 e. The van der Waals surface area contributed by atoms with E-state index in [1.165, 1.54) is 25.7 Å². The number of guanidine groups is 1. The molecule has 3 rings (SSSR count). The first-order chi connectivity index (χ1) is 7.81. The molecule has 2 aliphatic heterocycles. The molecule has 1 spiro atoms. The van der Waals surface area contributed by atoms with E-state index in [2.05, 4.69) is 15.2 Å². The van der Waals surface area contributed by atoms with Gasteiger partial charge in [0.05, 0.1) is 6.61 Å². The first-order valence-corrected chi connectivity index (χ1v) is 6.37. The Labute approximate surface area is 97.1 Å². The molecule has 1 unspecified atom stereocenters. The summed E-state index contributed by atoms with van der Waals surface area (Å²) in [6.07, 6.45) is 5.10. The van der Waals surface area contributed by atoms with Gasteiger partial charge in [-0.1, -0.05) is 0 Å². The van der Waals surface area contributed by atoms with E-state index >= 15 is 0 Å². The molecule has 0 aromatic rings. The van der Waals surface area contributed by atoms with Gasteiger partial charge in [-0.25, -0.2) is 0 Å². The van der Waals surface area contributed by atoms with E-state index in [-0.39, 0.29) is 0 Å². The van der Waals surface area contributed by atoms with E-state index in [4.69, 9.17) is 4.74 Å². The van der Waals surface area contributed by atoms with Crippen LogP contribution in [0.15, 0.2) is 4.99 Å². The van der Waals surface area contributed by atoms with Gasteiger partial charge in [0.25, 0.3) is 0 Å². The number of ether oxygens (including phenoxy) is 1. The lowest BCUT2D eigenvalue weighted by Crippen LogP contribution is -2.42. The van der Waals surface area contributed by atoms with E-state index in [0.717, 1.165) is 32.3 Å². The van der Waals surface area contributed by atoms with Crippen molar-refractivity contribution in [2.75, 3.05) is 33.4 Å².